The number of hydrogen-bond acceptors (Lipinski definition) is 0. The second-order valence-electron chi connectivity index (χ2n) is 8.26. The molecule has 2 aliphatic rings. The number of rotatable bonds is 0. The number of nitrogens with zero attached hydrogens (tertiary/aromatic N) is 1. The fourth-order valence-electron chi connectivity index (χ4n) is 5.02. The third-order valence-corrected chi connectivity index (χ3v) is 6.48. The molecule has 4 aromatic rings. The van der Waals surface area contributed by atoms with Gasteiger partial charge in [0, 0.05) is 21.3 Å². The van der Waals surface area contributed by atoms with Crippen LogP contribution in [0.3, 0.4) is 0 Å². The Morgan fingerprint density at radius 3 is 2.59 bits per heavy atom. The molecule has 140 valence electrons. The Labute approximate surface area is 175 Å². The van der Waals surface area contributed by atoms with E-state index in [1.165, 1.54) is 44.5 Å². The molecule has 2 aliphatic carbocycles. The molecule has 3 aromatic carbocycles. The summed E-state index contributed by atoms with van der Waals surface area (Å²) in [7, 11) is 2.06. The van der Waals surface area contributed by atoms with Gasteiger partial charge in [0.05, 0.1) is 5.56 Å². The normalized spacial score (nSPS) is 16.2. The quantitative estimate of drug-likeness (QED) is 0.300. The van der Waals surface area contributed by atoms with E-state index in [4.69, 9.17) is 2.74 Å². The lowest BCUT2D eigenvalue weighted by atomic mass is 9.92. The minimum atomic E-state index is -1.45. The molecule has 1 heteroatoms. The first-order valence-electron chi connectivity index (χ1n) is 11.3. The van der Waals surface area contributed by atoms with Crippen LogP contribution in [0, 0.1) is 6.92 Å². The van der Waals surface area contributed by atoms with Crippen LogP contribution < -0.4 is 4.57 Å². The monoisotopic (exact) mass is 376 g/mol. The topological polar surface area (TPSA) is 3.88 Å². The molecule has 0 N–H and O–H groups in total. The zero-order chi connectivity index (χ0) is 21.3. The maximum atomic E-state index is 8.90. The number of fused-ring (bicyclic) bond motifs is 7. The van der Waals surface area contributed by atoms with Crippen molar-refractivity contribution in [3.63, 3.8) is 0 Å². The highest BCUT2D eigenvalue weighted by Gasteiger charge is 2.28. The van der Waals surface area contributed by atoms with Crippen molar-refractivity contribution in [2.24, 2.45) is 7.05 Å². The van der Waals surface area contributed by atoms with Gasteiger partial charge in [-0.05, 0) is 69.8 Å². The maximum Gasteiger partial charge on any atom is 0.213 e. The van der Waals surface area contributed by atoms with Crippen molar-refractivity contribution in [1.82, 2.24) is 0 Å². The summed E-state index contributed by atoms with van der Waals surface area (Å²) in [6, 6.07) is 23.5. The number of pyridine rings is 1. The number of hydrogen-bond donors (Lipinski definition) is 0. The largest absolute Gasteiger partial charge is 0.213 e. The Morgan fingerprint density at radius 1 is 0.828 bits per heavy atom. The van der Waals surface area contributed by atoms with Crippen molar-refractivity contribution in [3.05, 3.63) is 101 Å². The molecule has 0 unspecified atom stereocenters. The first-order valence-corrected chi connectivity index (χ1v) is 10.3. The smallest absolute Gasteiger partial charge is 0.201 e. The van der Waals surface area contributed by atoms with Crippen molar-refractivity contribution >= 4 is 0 Å². The molecule has 0 spiro atoms. The standard InChI is InChI=1S/C28H24N/c1-18-9-12-24-23-8-4-7-22-21-6-3-5-19(15-21)10-11-20-13-14-29(2)27(16-20)28(18)26(24)17-25(22)23/h3-9,12-16H,10-11,17H2,1-2H3/q+1/i11D2. The van der Waals surface area contributed by atoms with Gasteiger partial charge in [0.1, 0.15) is 7.05 Å². The second-order valence-corrected chi connectivity index (χ2v) is 8.26. The van der Waals surface area contributed by atoms with Crippen LogP contribution in [-0.4, -0.2) is 0 Å². The molecule has 6 bridgehead atoms. The third-order valence-electron chi connectivity index (χ3n) is 6.48. The van der Waals surface area contributed by atoms with E-state index in [9.17, 15) is 0 Å². The second kappa shape index (κ2) is 6.15. The van der Waals surface area contributed by atoms with Crippen molar-refractivity contribution in [1.29, 1.82) is 0 Å². The van der Waals surface area contributed by atoms with Gasteiger partial charge in [0.15, 0.2) is 6.20 Å². The SMILES string of the molecule is [2H]C1([2H])Cc2cccc(c2)-c2cccc3c2Cc2c-3ccc(C)c2-c2cc1cc[n+]2C. The highest BCUT2D eigenvalue weighted by atomic mass is 14.9. The lowest BCUT2D eigenvalue weighted by Gasteiger charge is -2.12. The zero-order valence-corrected chi connectivity index (χ0v) is 16.8. The molecule has 0 aliphatic heterocycles. The average molecular weight is 377 g/mol. The van der Waals surface area contributed by atoms with Crippen molar-refractivity contribution in [3.8, 4) is 33.5 Å². The lowest BCUT2D eigenvalue weighted by molar-refractivity contribution is -0.660. The molecule has 0 fully saturated rings. The van der Waals surface area contributed by atoms with Crippen molar-refractivity contribution < 1.29 is 7.31 Å². The average Bonchev–Trinajstić information content (AvgIpc) is 3.12. The summed E-state index contributed by atoms with van der Waals surface area (Å²) in [4.78, 5) is 0. The van der Waals surface area contributed by atoms with Crippen LogP contribution in [0.4, 0.5) is 0 Å². The van der Waals surface area contributed by atoms with Gasteiger partial charge in [-0.1, -0.05) is 54.6 Å². The zero-order valence-electron chi connectivity index (χ0n) is 18.8. The molecule has 0 atom stereocenters. The van der Waals surface area contributed by atoms with Gasteiger partial charge in [0.25, 0.3) is 0 Å². The van der Waals surface area contributed by atoms with Crippen LogP contribution in [0.2, 0.25) is 0 Å². The molecular weight excluding hydrogens is 350 g/mol. The maximum absolute atomic E-state index is 8.90. The Hall–Kier alpha value is -3.19. The first-order chi connectivity index (χ1) is 14.9. The molecule has 1 nitrogen and oxygen atoms in total. The van der Waals surface area contributed by atoms with Crippen molar-refractivity contribution in [2.45, 2.75) is 26.1 Å². The Bertz CT molecular complexity index is 1380. The number of aryl methyl sites for hydroxylation is 4. The van der Waals surface area contributed by atoms with E-state index in [0.29, 0.717) is 6.42 Å². The number of benzene rings is 3. The summed E-state index contributed by atoms with van der Waals surface area (Å²) in [5, 5.41) is 0. The summed E-state index contributed by atoms with van der Waals surface area (Å²) < 4.78 is 19.9. The minimum Gasteiger partial charge on any atom is -0.201 e. The van der Waals surface area contributed by atoms with E-state index < -0.39 is 6.37 Å². The molecule has 6 rings (SSSR count). The predicted molar refractivity (Wildman–Crippen MR) is 119 cm³/mol. The van der Waals surface area contributed by atoms with Crippen LogP contribution in [0.25, 0.3) is 33.5 Å². The Morgan fingerprint density at radius 2 is 1.66 bits per heavy atom. The van der Waals surface area contributed by atoms with E-state index in [1.54, 1.807) is 0 Å². The summed E-state index contributed by atoms with van der Waals surface area (Å²) in [5.74, 6) is 0. The molecule has 0 amide bonds. The summed E-state index contributed by atoms with van der Waals surface area (Å²) >= 11 is 0. The summed E-state index contributed by atoms with van der Waals surface area (Å²) in [6.45, 7) is 2.17. The predicted octanol–water partition coefficient (Wildman–Crippen LogP) is 5.82. The van der Waals surface area contributed by atoms with Gasteiger partial charge in [-0.2, -0.15) is 0 Å². The van der Waals surface area contributed by atoms with E-state index in [1.807, 2.05) is 18.3 Å². The van der Waals surface area contributed by atoms with E-state index >= 15 is 0 Å². The molecular formula is C28H24N+. The Kier molecular flexibility index (Phi) is 3.13. The molecule has 0 saturated carbocycles. The van der Waals surface area contributed by atoms with Gasteiger partial charge in [-0.3, -0.25) is 0 Å². The van der Waals surface area contributed by atoms with Crippen LogP contribution in [-0.2, 0) is 26.3 Å². The van der Waals surface area contributed by atoms with Gasteiger partial charge >= 0.3 is 0 Å². The molecule has 0 saturated heterocycles. The molecule has 1 aromatic heterocycles. The lowest BCUT2D eigenvalue weighted by Crippen LogP contribution is -2.31. The number of aromatic nitrogens is 1. The van der Waals surface area contributed by atoms with Gasteiger partial charge < -0.3 is 0 Å². The Balaban J connectivity index is 1.75. The van der Waals surface area contributed by atoms with Crippen LogP contribution in [0.1, 0.15) is 30.6 Å². The van der Waals surface area contributed by atoms with Crippen LogP contribution in [0.15, 0.2) is 72.9 Å². The van der Waals surface area contributed by atoms with Crippen molar-refractivity contribution in [2.75, 3.05) is 0 Å². The van der Waals surface area contributed by atoms with Crippen LogP contribution >= 0.6 is 0 Å². The fraction of sp³-hybridized carbons (Fsp3) is 0.179. The third kappa shape index (κ3) is 2.50. The van der Waals surface area contributed by atoms with E-state index in [-0.39, 0.29) is 0 Å². The first kappa shape index (κ1) is 14.8. The summed E-state index contributed by atoms with van der Waals surface area (Å²) in [5.41, 5.74) is 13.1. The van der Waals surface area contributed by atoms with E-state index in [2.05, 4.69) is 73.1 Å². The highest BCUT2D eigenvalue weighted by Crippen LogP contribution is 2.46. The molecule has 0 radical (unpaired) electrons. The van der Waals surface area contributed by atoms with Crippen LogP contribution in [0.5, 0.6) is 0 Å². The minimum absolute atomic E-state index is 0.356. The molecule has 1 heterocycles. The molecule has 29 heavy (non-hydrogen) atoms. The van der Waals surface area contributed by atoms with Gasteiger partial charge in [-0.25, -0.2) is 4.57 Å². The van der Waals surface area contributed by atoms with Gasteiger partial charge in [0.2, 0.25) is 5.69 Å². The van der Waals surface area contributed by atoms with E-state index in [0.717, 1.165) is 23.2 Å². The highest BCUT2D eigenvalue weighted by molar-refractivity contribution is 5.89. The fourth-order valence-corrected chi connectivity index (χ4v) is 5.02. The summed E-state index contributed by atoms with van der Waals surface area (Å²) in [6.07, 6.45) is 1.81. The van der Waals surface area contributed by atoms with Gasteiger partial charge in [-0.15, -0.1) is 0 Å².